The fourth-order valence-corrected chi connectivity index (χ4v) is 2.16. The van der Waals surface area contributed by atoms with Gasteiger partial charge in [-0.3, -0.25) is 4.90 Å². The molecule has 5 heteroatoms. The highest BCUT2D eigenvalue weighted by Crippen LogP contribution is 2.13. The third-order valence-corrected chi connectivity index (χ3v) is 2.94. The molecular formula is C12H21N3O2. The Labute approximate surface area is 102 Å². The number of hydrogen-bond acceptors (Lipinski definition) is 5. The Hall–Kier alpha value is -0.940. The number of aliphatic hydroxyl groups is 1. The molecule has 0 unspecified atom stereocenters. The Bertz CT molecular complexity index is 351. The van der Waals surface area contributed by atoms with E-state index in [-0.39, 0.29) is 6.10 Å². The number of piperidine rings is 1. The van der Waals surface area contributed by atoms with Crippen LogP contribution in [0.15, 0.2) is 4.52 Å². The van der Waals surface area contributed by atoms with Gasteiger partial charge in [-0.2, -0.15) is 4.98 Å². The van der Waals surface area contributed by atoms with Crippen LogP contribution in [0.2, 0.25) is 0 Å². The van der Waals surface area contributed by atoms with E-state index in [9.17, 15) is 5.11 Å². The van der Waals surface area contributed by atoms with Crippen molar-refractivity contribution < 1.29 is 9.63 Å². The number of aliphatic hydroxyl groups excluding tert-OH is 1. The number of β-amino-alcohol motifs (C(OH)–C–C–N with tert-alkyl or cyclic N) is 1. The van der Waals surface area contributed by atoms with E-state index >= 15 is 0 Å². The van der Waals surface area contributed by atoms with Crippen LogP contribution in [0.4, 0.5) is 0 Å². The zero-order chi connectivity index (χ0) is 12.3. The van der Waals surface area contributed by atoms with Gasteiger partial charge < -0.3 is 9.63 Å². The van der Waals surface area contributed by atoms with E-state index in [2.05, 4.69) is 28.9 Å². The monoisotopic (exact) mass is 239 g/mol. The first-order valence-corrected chi connectivity index (χ1v) is 6.35. The maximum atomic E-state index is 9.58. The second kappa shape index (κ2) is 5.60. The lowest BCUT2D eigenvalue weighted by molar-refractivity contribution is 0.0651. The van der Waals surface area contributed by atoms with Crippen molar-refractivity contribution in [3.63, 3.8) is 0 Å². The SMILES string of the molecule is CC(C)Cc1nc(CN2CCC[C@H](O)C2)no1. The zero-order valence-electron chi connectivity index (χ0n) is 10.6. The lowest BCUT2D eigenvalue weighted by Crippen LogP contribution is -2.37. The van der Waals surface area contributed by atoms with Crippen molar-refractivity contribution in [1.82, 2.24) is 15.0 Å². The minimum Gasteiger partial charge on any atom is -0.392 e. The average Bonchev–Trinajstić information content (AvgIpc) is 2.64. The Morgan fingerprint density at radius 3 is 3.06 bits per heavy atom. The molecule has 1 aromatic heterocycles. The molecule has 1 saturated heterocycles. The van der Waals surface area contributed by atoms with E-state index in [4.69, 9.17) is 4.52 Å². The molecule has 1 atom stereocenters. The summed E-state index contributed by atoms with van der Waals surface area (Å²) in [5.74, 6) is 1.97. The Morgan fingerprint density at radius 1 is 1.53 bits per heavy atom. The molecular weight excluding hydrogens is 218 g/mol. The Kier molecular flexibility index (Phi) is 4.12. The molecule has 96 valence electrons. The summed E-state index contributed by atoms with van der Waals surface area (Å²) in [7, 11) is 0. The quantitative estimate of drug-likeness (QED) is 0.856. The first-order chi connectivity index (χ1) is 8.13. The molecule has 1 aliphatic heterocycles. The third-order valence-electron chi connectivity index (χ3n) is 2.94. The van der Waals surface area contributed by atoms with E-state index < -0.39 is 0 Å². The summed E-state index contributed by atoms with van der Waals surface area (Å²) in [6, 6.07) is 0. The van der Waals surface area contributed by atoms with Crippen LogP contribution in [-0.4, -0.2) is 39.3 Å². The maximum absolute atomic E-state index is 9.58. The van der Waals surface area contributed by atoms with E-state index in [0.717, 1.165) is 31.6 Å². The van der Waals surface area contributed by atoms with E-state index in [0.29, 0.717) is 24.9 Å². The lowest BCUT2D eigenvalue weighted by Gasteiger charge is -2.28. The van der Waals surface area contributed by atoms with Crippen molar-refractivity contribution >= 4 is 0 Å². The van der Waals surface area contributed by atoms with Crippen LogP contribution < -0.4 is 0 Å². The van der Waals surface area contributed by atoms with E-state index in [1.807, 2.05) is 0 Å². The molecule has 1 aromatic rings. The summed E-state index contributed by atoms with van der Waals surface area (Å²) >= 11 is 0. The minimum absolute atomic E-state index is 0.203. The van der Waals surface area contributed by atoms with E-state index in [1.165, 1.54) is 0 Å². The number of hydrogen-bond donors (Lipinski definition) is 1. The largest absolute Gasteiger partial charge is 0.392 e. The second-order valence-corrected chi connectivity index (χ2v) is 5.23. The van der Waals surface area contributed by atoms with Gasteiger partial charge in [-0.25, -0.2) is 0 Å². The lowest BCUT2D eigenvalue weighted by atomic mass is 10.1. The summed E-state index contributed by atoms with van der Waals surface area (Å²) in [5, 5.41) is 13.6. The summed E-state index contributed by atoms with van der Waals surface area (Å²) in [5.41, 5.74) is 0. The molecule has 0 radical (unpaired) electrons. The van der Waals surface area contributed by atoms with Gasteiger partial charge in [0.05, 0.1) is 12.6 Å². The van der Waals surface area contributed by atoms with Crippen LogP contribution >= 0.6 is 0 Å². The highest BCUT2D eigenvalue weighted by molar-refractivity contribution is 4.88. The first kappa shape index (κ1) is 12.5. The third kappa shape index (κ3) is 3.78. The topological polar surface area (TPSA) is 62.4 Å². The molecule has 0 amide bonds. The number of rotatable bonds is 4. The Balaban J connectivity index is 1.87. The van der Waals surface area contributed by atoms with Crippen LogP contribution in [0.1, 0.15) is 38.4 Å². The second-order valence-electron chi connectivity index (χ2n) is 5.23. The fraction of sp³-hybridized carbons (Fsp3) is 0.833. The minimum atomic E-state index is -0.203. The smallest absolute Gasteiger partial charge is 0.226 e. The van der Waals surface area contributed by atoms with Gasteiger partial charge in [-0.05, 0) is 25.3 Å². The van der Waals surface area contributed by atoms with Crippen molar-refractivity contribution in [3.8, 4) is 0 Å². The molecule has 0 aromatic carbocycles. The van der Waals surface area contributed by atoms with Crippen LogP contribution in [-0.2, 0) is 13.0 Å². The highest BCUT2D eigenvalue weighted by Gasteiger charge is 2.19. The maximum Gasteiger partial charge on any atom is 0.226 e. The van der Waals surface area contributed by atoms with Crippen LogP contribution in [0.3, 0.4) is 0 Å². The molecule has 0 saturated carbocycles. The molecule has 17 heavy (non-hydrogen) atoms. The van der Waals surface area contributed by atoms with Crippen LogP contribution in [0.5, 0.6) is 0 Å². The number of aromatic nitrogens is 2. The van der Waals surface area contributed by atoms with Crippen molar-refractivity contribution in [1.29, 1.82) is 0 Å². The molecule has 2 rings (SSSR count). The van der Waals surface area contributed by atoms with Crippen molar-refractivity contribution in [3.05, 3.63) is 11.7 Å². The van der Waals surface area contributed by atoms with E-state index in [1.54, 1.807) is 0 Å². The van der Waals surface area contributed by atoms with Gasteiger partial charge >= 0.3 is 0 Å². The van der Waals surface area contributed by atoms with Gasteiger partial charge in [0.1, 0.15) is 0 Å². The van der Waals surface area contributed by atoms with Gasteiger partial charge in [0.15, 0.2) is 5.82 Å². The zero-order valence-corrected chi connectivity index (χ0v) is 10.6. The summed E-state index contributed by atoms with van der Waals surface area (Å²) in [6.45, 7) is 6.66. The molecule has 0 bridgehead atoms. The number of likely N-dealkylation sites (tertiary alicyclic amines) is 1. The molecule has 2 heterocycles. The molecule has 5 nitrogen and oxygen atoms in total. The van der Waals surface area contributed by atoms with Gasteiger partial charge in [0.2, 0.25) is 5.89 Å². The van der Waals surface area contributed by atoms with Crippen molar-refractivity contribution in [2.75, 3.05) is 13.1 Å². The average molecular weight is 239 g/mol. The molecule has 1 fully saturated rings. The van der Waals surface area contributed by atoms with Crippen molar-refractivity contribution in [2.45, 2.75) is 45.8 Å². The predicted molar refractivity (Wildman–Crippen MR) is 63.4 cm³/mol. The molecule has 0 aliphatic carbocycles. The Morgan fingerprint density at radius 2 is 2.35 bits per heavy atom. The highest BCUT2D eigenvalue weighted by atomic mass is 16.5. The van der Waals surface area contributed by atoms with Crippen molar-refractivity contribution in [2.24, 2.45) is 5.92 Å². The normalized spacial score (nSPS) is 22.2. The predicted octanol–water partition coefficient (Wildman–Crippen LogP) is 1.22. The van der Waals surface area contributed by atoms with Gasteiger partial charge in [-0.15, -0.1) is 0 Å². The summed E-state index contributed by atoms with van der Waals surface area (Å²) in [4.78, 5) is 6.55. The van der Waals surface area contributed by atoms with Gasteiger partial charge in [0.25, 0.3) is 0 Å². The summed E-state index contributed by atoms with van der Waals surface area (Å²) < 4.78 is 5.19. The molecule has 1 aliphatic rings. The fourth-order valence-electron chi connectivity index (χ4n) is 2.16. The van der Waals surface area contributed by atoms with Gasteiger partial charge in [-0.1, -0.05) is 19.0 Å². The molecule has 1 N–H and O–H groups in total. The van der Waals surface area contributed by atoms with Crippen LogP contribution in [0, 0.1) is 5.92 Å². The van der Waals surface area contributed by atoms with Crippen LogP contribution in [0.25, 0.3) is 0 Å². The summed E-state index contributed by atoms with van der Waals surface area (Å²) in [6.07, 6.45) is 2.57. The van der Waals surface area contributed by atoms with Gasteiger partial charge in [0, 0.05) is 13.0 Å². The first-order valence-electron chi connectivity index (χ1n) is 6.35. The molecule has 0 spiro atoms. The number of nitrogens with zero attached hydrogens (tertiary/aromatic N) is 3. The standard InChI is InChI=1S/C12H21N3O2/c1-9(2)6-12-13-11(14-17-12)8-15-5-3-4-10(16)7-15/h9-10,16H,3-8H2,1-2H3/t10-/m0/s1.